The summed E-state index contributed by atoms with van der Waals surface area (Å²) in [5.74, 6) is 0.591. The van der Waals surface area contributed by atoms with Gasteiger partial charge in [-0.3, -0.25) is 9.78 Å². The third-order valence-electron chi connectivity index (χ3n) is 3.86. The van der Waals surface area contributed by atoms with E-state index in [1.54, 1.807) is 18.2 Å². The van der Waals surface area contributed by atoms with Crippen LogP contribution in [0.5, 0.6) is 11.6 Å². The average Bonchev–Trinajstić information content (AvgIpc) is 2.56. The van der Waals surface area contributed by atoms with Gasteiger partial charge in [-0.1, -0.05) is 19.8 Å². The van der Waals surface area contributed by atoms with Gasteiger partial charge in [-0.15, -0.1) is 0 Å². The van der Waals surface area contributed by atoms with Crippen LogP contribution in [0.25, 0.3) is 0 Å². The molecule has 2 heterocycles. The molecule has 0 unspecified atom stereocenters. The summed E-state index contributed by atoms with van der Waals surface area (Å²) in [5, 5.41) is 0. The molecule has 0 saturated carbocycles. The summed E-state index contributed by atoms with van der Waals surface area (Å²) >= 11 is 4.95. The minimum absolute atomic E-state index is 0.217. The Kier molecular flexibility index (Phi) is 4.80. The summed E-state index contributed by atoms with van der Waals surface area (Å²) in [6.45, 7) is 2.51. The summed E-state index contributed by atoms with van der Waals surface area (Å²) in [4.78, 5) is 29.5. The molecule has 126 valence electrons. The van der Waals surface area contributed by atoms with Crippen LogP contribution in [0.1, 0.15) is 47.7 Å². The Bertz CT molecular complexity index is 885. The number of unbranched alkanes of at least 4 members (excludes halogenated alkanes) is 2. The molecule has 1 aliphatic heterocycles. The molecule has 2 aromatic rings. The van der Waals surface area contributed by atoms with Crippen molar-refractivity contribution in [1.29, 1.82) is 0 Å². The number of carbonyl (C=O) groups excluding carboxylic acids is 1. The standard InChI is InChI=1S/C17H18N2O4S/c1-2-3-4-7-22-16(21)10-5-6-13-11(8-10)9-12-14(20)18-17(24)19-15(12)23-13/h5-6,8H,2-4,7,9H2,1H3,(H2,18,19,20,24). The van der Waals surface area contributed by atoms with Crippen LogP contribution < -0.4 is 10.3 Å². The van der Waals surface area contributed by atoms with Crippen LogP contribution in [0.3, 0.4) is 0 Å². The Balaban J connectivity index is 1.79. The van der Waals surface area contributed by atoms with Gasteiger partial charge in [0.05, 0.1) is 17.7 Å². The molecule has 24 heavy (non-hydrogen) atoms. The van der Waals surface area contributed by atoms with E-state index < -0.39 is 0 Å². The molecule has 0 atom stereocenters. The lowest BCUT2D eigenvalue weighted by Gasteiger charge is -2.19. The summed E-state index contributed by atoms with van der Waals surface area (Å²) in [6, 6.07) is 5.08. The van der Waals surface area contributed by atoms with Gasteiger partial charge >= 0.3 is 5.97 Å². The number of hydrogen-bond donors (Lipinski definition) is 2. The third-order valence-corrected chi connectivity index (χ3v) is 4.06. The Hall–Kier alpha value is -2.41. The van der Waals surface area contributed by atoms with Gasteiger partial charge in [-0.25, -0.2) is 4.79 Å². The van der Waals surface area contributed by atoms with E-state index in [2.05, 4.69) is 16.9 Å². The van der Waals surface area contributed by atoms with Crippen molar-refractivity contribution in [3.63, 3.8) is 0 Å². The number of aromatic nitrogens is 2. The van der Waals surface area contributed by atoms with Gasteiger partial charge in [0.25, 0.3) is 5.56 Å². The van der Waals surface area contributed by atoms with Gasteiger partial charge in [0, 0.05) is 12.0 Å². The van der Waals surface area contributed by atoms with Crippen LogP contribution in [0, 0.1) is 4.77 Å². The van der Waals surface area contributed by atoms with E-state index in [9.17, 15) is 9.59 Å². The molecule has 3 rings (SSSR count). The predicted octanol–water partition coefficient (Wildman–Crippen LogP) is 3.48. The van der Waals surface area contributed by atoms with Crippen molar-refractivity contribution < 1.29 is 14.3 Å². The second kappa shape index (κ2) is 7.00. The number of benzene rings is 1. The number of aromatic amines is 2. The summed E-state index contributed by atoms with van der Waals surface area (Å²) in [6.07, 6.45) is 3.33. The van der Waals surface area contributed by atoms with Gasteiger partial charge in [0.15, 0.2) is 4.77 Å². The smallest absolute Gasteiger partial charge is 0.338 e. The maximum Gasteiger partial charge on any atom is 0.338 e. The number of hydrogen-bond acceptors (Lipinski definition) is 5. The lowest BCUT2D eigenvalue weighted by Crippen LogP contribution is -2.19. The van der Waals surface area contributed by atoms with Crippen LogP contribution >= 0.6 is 12.2 Å². The number of nitrogens with one attached hydrogen (secondary N) is 2. The fourth-order valence-corrected chi connectivity index (χ4v) is 2.77. The lowest BCUT2D eigenvalue weighted by molar-refractivity contribution is 0.0498. The molecular formula is C17H18N2O4S. The van der Waals surface area contributed by atoms with Gasteiger partial charge in [0.2, 0.25) is 5.88 Å². The quantitative estimate of drug-likeness (QED) is 0.420. The molecule has 0 bridgehead atoms. The van der Waals surface area contributed by atoms with Crippen LogP contribution in [-0.2, 0) is 11.2 Å². The minimum atomic E-state index is -0.360. The minimum Gasteiger partial charge on any atom is -0.462 e. The predicted molar refractivity (Wildman–Crippen MR) is 91.4 cm³/mol. The fraction of sp³-hybridized carbons (Fsp3) is 0.353. The topological polar surface area (TPSA) is 84.2 Å². The van der Waals surface area contributed by atoms with Crippen molar-refractivity contribution in [2.24, 2.45) is 0 Å². The summed E-state index contributed by atoms with van der Waals surface area (Å²) in [5.41, 5.74) is 1.40. The van der Waals surface area contributed by atoms with E-state index in [1.165, 1.54) is 0 Å². The molecule has 6 nitrogen and oxygen atoms in total. The zero-order valence-corrected chi connectivity index (χ0v) is 14.1. The molecule has 1 aromatic heterocycles. The highest BCUT2D eigenvalue weighted by Gasteiger charge is 2.22. The largest absolute Gasteiger partial charge is 0.462 e. The summed E-state index contributed by atoms with van der Waals surface area (Å²) < 4.78 is 11.2. The monoisotopic (exact) mass is 346 g/mol. The van der Waals surface area contributed by atoms with Gasteiger partial charge in [-0.05, 0) is 36.8 Å². The van der Waals surface area contributed by atoms with Crippen LogP contribution in [-0.4, -0.2) is 22.5 Å². The van der Waals surface area contributed by atoms with Crippen molar-refractivity contribution in [3.8, 4) is 11.6 Å². The molecule has 1 aliphatic rings. The van der Waals surface area contributed by atoms with Gasteiger partial charge in [0.1, 0.15) is 5.75 Å². The molecule has 0 spiro atoms. The highest BCUT2D eigenvalue weighted by atomic mass is 32.1. The number of esters is 1. The Labute approximate surface area is 143 Å². The summed E-state index contributed by atoms with van der Waals surface area (Å²) in [7, 11) is 0. The Morgan fingerprint density at radius 3 is 2.96 bits per heavy atom. The van der Waals surface area contributed by atoms with E-state index >= 15 is 0 Å². The highest BCUT2D eigenvalue weighted by Crippen LogP contribution is 2.33. The Morgan fingerprint density at radius 2 is 2.17 bits per heavy atom. The molecule has 0 saturated heterocycles. The van der Waals surface area contributed by atoms with Gasteiger partial charge in [-0.2, -0.15) is 0 Å². The van der Waals surface area contributed by atoms with Crippen molar-refractivity contribution in [2.45, 2.75) is 32.6 Å². The molecule has 1 aromatic carbocycles. The van der Waals surface area contributed by atoms with E-state index in [4.69, 9.17) is 21.7 Å². The number of fused-ring (bicyclic) bond motifs is 2. The average molecular weight is 346 g/mol. The maximum atomic E-state index is 12.1. The molecule has 0 fully saturated rings. The molecule has 0 aliphatic carbocycles. The molecular weight excluding hydrogens is 328 g/mol. The normalized spacial score (nSPS) is 12.0. The highest BCUT2D eigenvalue weighted by molar-refractivity contribution is 7.71. The first-order chi connectivity index (χ1) is 11.6. The molecule has 7 heteroatoms. The van der Waals surface area contributed by atoms with Crippen LogP contribution in [0.15, 0.2) is 23.0 Å². The van der Waals surface area contributed by atoms with Crippen molar-refractivity contribution >= 4 is 18.2 Å². The zero-order chi connectivity index (χ0) is 17.1. The SMILES string of the molecule is CCCCCOC(=O)c1ccc2c(c1)Cc1c([nH]c(=S)[nH]c1=O)O2. The van der Waals surface area contributed by atoms with Gasteiger partial charge < -0.3 is 14.5 Å². The number of rotatable bonds is 5. The van der Waals surface area contributed by atoms with E-state index in [0.717, 1.165) is 24.8 Å². The zero-order valence-electron chi connectivity index (χ0n) is 13.3. The molecule has 0 radical (unpaired) electrons. The number of ether oxygens (including phenoxy) is 2. The van der Waals surface area contributed by atoms with Crippen molar-refractivity contribution in [1.82, 2.24) is 9.97 Å². The van der Waals surface area contributed by atoms with Crippen molar-refractivity contribution in [3.05, 3.63) is 50.0 Å². The first kappa shape index (κ1) is 16.4. The molecule has 2 N–H and O–H groups in total. The first-order valence-electron chi connectivity index (χ1n) is 7.92. The van der Waals surface area contributed by atoms with Crippen molar-refractivity contribution in [2.75, 3.05) is 6.61 Å². The first-order valence-corrected chi connectivity index (χ1v) is 8.32. The maximum absolute atomic E-state index is 12.1. The fourth-order valence-electron chi connectivity index (χ4n) is 2.58. The van der Waals surface area contributed by atoms with Crippen LogP contribution in [0.4, 0.5) is 0 Å². The van der Waals surface area contributed by atoms with E-state index in [0.29, 0.717) is 35.8 Å². The van der Waals surface area contributed by atoms with E-state index in [1.807, 2.05) is 0 Å². The van der Waals surface area contributed by atoms with E-state index in [-0.39, 0.29) is 16.3 Å². The molecule has 0 amide bonds. The second-order valence-electron chi connectivity index (χ2n) is 5.66. The van der Waals surface area contributed by atoms with Crippen LogP contribution in [0.2, 0.25) is 0 Å². The number of carbonyl (C=O) groups is 1. The lowest BCUT2D eigenvalue weighted by atomic mass is 10.0. The number of H-pyrrole nitrogens is 2. The Morgan fingerprint density at radius 1 is 1.33 bits per heavy atom. The third kappa shape index (κ3) is 3.41. The second-order valence-corrected chi connectivity index (χ2v) is 6.07.